The van der Waals surface area contributed by atoms with Gasteiger partial charge < -0.3 is 10.6 Å². The van der Waals surface area contributed by atoms with E-state index in [0.29, 0.717) is 35.2 Å². The Morgan fingerprint density at radius 2 is 2.14 bits per heavy atom. The van der Waals surface area contributed by atoms with E-state index in [0.717, 1.165) is 37.9 Å². The lowest BCUT2D eigenvalue weighted by atomic mass is 10.0. The Balaban J connectivity index is 1.71. The van der Waals surface area contributed by atoms with Crippen molar-refractivity contribution in [2.75, 3.05) is 31.5 Å². The minimum absolute atomic E-state index is 0.0612. The molecule has 1 aliphatic heterocycles. The average Bonchev–Trinajstić information content (AvgIpc) is 2.68. The van der Waals surface area contributed by atoms with Gasteiger partial charge in [0.05, 0.1) is 23.3 Å². The maximum Gasteiger partial charge on any atom is 0.234 e. The predicted molar refractivity (Wildman–Crippen MR) is 108 cm³/mol. The van der Waals surface area contributed by atoms with Crippen LogP contribution in [0.5, 0.6) is 0 Å². The molecule has 3 rings (SSSR count). The second-order valence-electron chi connectivity index (χ2n) is 7.32. The predicted octanol–water partition coefficient (Wildman–Crippen LogP) is 2.96. The molecule has 1 fully saturated rings. The number of piperidine rings is 1. The van der Waals surface area contributed by atoms with Crippen LogP contribution in [-0.2, 0) is 4.79 Å². The minimum atomic E-state index is -0.335. The monoisotopic (exact) mass is 383 g/mol. The quantitative estimate of drug-likeness (QED) is 0.802. The van der Waals surface area contributed by atoms with Crippen LogP contribution < -0.4 is 10.6 Å². The van der Waals surface area contributed by atoms with E-state index in [1.165, 1.54) is 12.1 Å². The summed E-state index contributed by atoms with van der Waals surface area (Å²) in [6.07, 6.45) is 4.18. The SMILES string of the molecule is CCCNC(=O)CN1CCC(Nc2c(C#N)cnc3c(C)cc(F)cc23)CC1. The number of benzene rings is 1. The molecule has 1 aromatic heterocycles. The highest BCUT2D eigenvalue weighted by Crippen LogP contribution is 2.30. The third-order valence-electron chi connectivity index (χ3n) is 5.12. The van der Waals surface area contributed by atoms with Crippen molar-refractivity contribution >= 4 is 22.5 Å². The zero-order valence-electron chi connectivity index (χ0n) is 16.4. The fourth-order valence-corrected chi connectivity index (χ4v) is 3.64. The number of pyridine rings is 1. The van der Waals surface area contributed by atoms with E-state index >= 15 is 0 Å². The van der Waals surface area contributed by atoms with Crippen molar-refractivity contribution in [1.82, 2.24) is 15.2 Å². The van der Waals surface area contributed by atoms with Crippen LogP contribution in [0.25, 0.3) is 10.9 Å². The van der Waals surface area contributed by atoms with Gasteiger partial charge in [0.25, 0.3) is 0 Å². The van der Waals surface area contributed by atoms with Crippen LogP contribution >= 0.6 is 0 Å². The lowest BCUT2D eigenvalue weighted by Crippen LogP contribution is -2.44. The first-order chi connectivity index (χ1) is 13.5. The molecule has 2 heterocycles. The first-order valence-corrected chi connectivity index (χ1v) is 9.76. The first kappa shape index (κ1) is 20.0. The van der Waals surface area contributed by atoms with E-state index in [4.69, 9.17) is 0 Å². The van der Waals surface area contributed by atoms with Crippen LogP contribution in [0.1, 0.15) is 37.3 Å². The highest BCUT2D eigenvalue weighted by molar-refractivity contribution is 5.95. The molecule has 0 unspecified atom stereocenters. The molecule has 2 aromatic rings. The van der Waals surface area contributed by atoms with E-state index in [1.54, 1.807) is 6.20 Å². The van der Waals surface area contributed by atoms with Gasteiger partial charge in [0.2, 0.25) is 5.91 Å². The lowest BCUT2D eigenvalue weighted by Gasteiger charge is -2.32. The van der Waals surface area contributed by atoms with E-state index in [1.807, 2.05) is 13.8 Å². The Morgan fingerprint density at radius 1 is 1.39 bits per heavy atom. The zero-order chi connectivity index (χ0) is 20.1. The summed E-state index contributed by atoms with van der Waals surface area (Å²) < 4.78 is 14.0. The lowest BCUT2D eigenvalue weighted by molar-refractivity contribution is -0.122. The number of carbonyl (C=O) groups is 1. The van der Waals surface area contributed by atoms with Gasteiger partial charge in [-0.25, -0.2) is 4.39 Å². The Labute approximate surface area is 164 Å². The number of anilines is 1. The topological polar surface area (TPSA) is 81.0 Å². The molecular formula is C21H26FN5O. The van der Waals surface area contributed by atoms with Crippen molar-refractivity contribution in [1.29, 1.82) is 5.26 Å². The highest BCUT2D eigenvalue weighted by atomic mass is 19.1. The number of nitrogens with one attached hydrogen (secondary N) is 2. The summed E-state index contributed by atoms with van der Waals surface area (Å²) >= 11 is 0. The third kappa shape index (κ3) is 4.57. The number of fused-ring (bicyclic) bond motifs is 1. The molecule has 0 atom stereocenters. The number of amides is 1. The molecular weight excluding hydrogens is 357 g/mol. The summed E-state index contributed by atoms with van der Waals surface area (Å²) in [6.45, 7) is 6.57. The molecule has 0 bridgehead atoms. The second kappa shape index (κ2) is 8.98. The second-order valence-corrected chi connectivity index (χ2v) is 7.32. The summed E-state index contributed by atoms with van der Waals surface area (Å²) in [7, 11) is 0. The summed E-state index contributed by atoms with van der Waals surface area (Å²) in [5, 5.41) is 16.5. The highest BCUT2D eigenvalue weighted by Gasteiger charge is 2.22. The summed E-state index contributed by atoms with van der Waals surface area (Å²) in [6, 6.07) is 5.21. The maximum atomic E-state index is 14.0. The molecule has 0 radical (unpaired) electrons. The minimum Gasteiger partial charge on any atom is -0.381 e. The number of nitriles is 1. The molecule has 1 aromatic carbocycles. The molecule has 148 valence electrons. The Hall–Kier alpha value is -2.72. The number of likely N-dealkylation sites (tertiary alicyclic amines) is 1. The maximum absolute atomic E-state index is 14.0. The van der Waals surface area contributed by atoms with Gasteiger partial charge in [-0.15, -0.1) is 0 Å². The fourth-order valence-electron chi connectivity index (χ4n) is 3.64. The van der Waals surface area contributed by atoms with Gasteiger partial charge in [0.15, 0.2) is 0 Å². The van der Waals surface area contributed by atoms with Gasteiger partial charge in [-0.2, -0.15) is 5.26 Å². The van der Waals surface area contributed by atoms with Crippen molar-refractivity contribution in [3.8, 4) is 6.07 Å². The number of nitrogens with zero attached hydrogens (tertiary/aromatic N) is 3. The van der Waals surface area contributed by atoms with Gasteiger partial charge >= 0.3 is 0 Å². The zero-order valence-corrected chi connectivity index (χ0v) is 16.4. The number of halogens is 1. The smallest absolute Gasteiger partial charge is 0.234 e. The Kier molecular flexibility index (Phi) is 6.42. The van der Waals surface area contributed by atoms with Crippen molar-refractivity contribution < 1.29 is 9.18 Å². The van der Waals surface area contributed by atoms with Crippen LogP contribution in [-0.4, -0.2) is 48.0 Å². The Morgan fingerprint density at radius 3 is 2.82 bits per heavy atom. The number of aromatic nitrogens is 1. The summed E-state index contributed by atoms with van der Waals surface area (Å²) in [5.74, 6) is -0.274. The number of aryl methyl sites for hydroxylation is 1. The van der Waals surface area contributed by atoms with Crippen LogP contribution in [0.15, 0.2) is 18.3 Å². The summed E-state index contributed by atoms with van der Waals surface area (Å²) in [5.41, 5.74) is 2.51. The summed E-state index contributed by atoms with van der Waals surface area (Å²) in [4.78, 5) is 18.4. The molecule has 0 aliphatic carbocycles. The molecule has 6 nitrogen and oxygen atoms in total. The van der Waals surface area contributed by atoms with E-state index in [2.05, 4.69) is 26.6 Å². The Bertz CT molecular complexity index is 900. The van der Waals surface area contributed by atoms with Crippen LogP contribution in [0.3, 0.4) is 0 Å². The van der Waals surface area contributed by atoms with Gasteiger partial charge in [0.1, 0.15) is 11.9 Å². The first-order valence-electron chi connectivity index (χ1n) is 9.76. The standard InChI is InChI=1S/C21H26FN5O/c1-3-6-24-19(28)13-27-7-4-17(5-8-27)26-21-15(11-23)12-25-20-14(2)9-16(22)10-18(20)21/h9-10,12,17H,3-8,13H2,1-2H3,(H,24,28)(H,25,26). The van der Waals surface area contributed by atoms with Gasteiger partial charge in [-0.1, -0.05) is 6.92 Å². The van der Waals surface area contributed by atoms with Crippen molar-refractivity contribution in [3.63, 3.8) is 0 Å². The number of rotatable bonds is 6. The molecule has 0 spiro atoms. The molecule has 0 saturated carbocycles. The number of carbonyl (C=O) groups excluding carboxylic acids is 1. The van der Waals surface area contributed by atoms with Crippen molar-refractivity contribution in [2.45, 2.75) is 39.2 Å². The van der Waals surface area contributed by atoms with Crippen molar-refractivity contribution in [2.24, 2.45) is 0 Å². The van der Waals surface area contributed by atoms with Crippen LogP contribution in [0, 0.1) is 24.1 Å². The molecule has 2 N–H and O–H groups in total. The van der Waals surface area contributed by atoms with Crippen molar-refractivity contribution in [3.05, 3.63) is 35.3 Å². The van der Waals surface area contributed by atoms with E-state index in [-0.39, 0.29) is 17.8 Å². The van der Waals surface area contributed by atoms with E-state index in [9.17, 15) is 14.4 Å². The molecule has 1 saturated heterocycles. The van der Waals surface area contributed by atoms with E-state index < -0.39 is 0 Å². The molecule has 7 heteroatoms. The van der Waals surface area contributed by atoms with Crippen LogP contribution in [0.2, 0.25) is 0 Å². The van der Waals surface area contributed by atoms with Gasteiger partial charge in [-0.3, -0.25) is 14.7 Å². The largest absolute Gasteiger partial charge is 0.381 e. The molecule has 1 aliphatic rings. The van der Waals surface area contributed by atoms with Crippen LogP contribution in [0.4, 0.5) is 10.1 Å². The molecule has 28 heavy (non-hydrogen) atoms. The van der Waals surface area contributed by atoms with Gasteiger partial charge in [0, 0.05) is 37.3 Å². The number of hydrogen-bond donors (Lipinski definition) is 2. The fraction of sp³-hybridized carbons (Fsp3) is 0.476. The third-order valence-corrected chi connectivity index (χ3v) is 5.12. The normalized spacial score (nSPS) is 15.4. The average molecular weight is 383 g/mol. The molecule has 1 amide bonds. The number of hydrogen-bond acceptors (Lipinski definition) is 5. The van der Waals surface area contributed by atoms with Gasteiger partial charge in [-0.05, 0) is 43.9 Å².